The van der Waals surface area contributed by atoms with Crippen molar-refractivity contribution in [2.45, 2.75) is 40.2 Å². The summed E-state index contributed by atoms with van der Waals surface area (Å²) in [5.74, 6) is 0.776. The molecular formula is C16H22N2O2. The Morgan fingerprint density at radius 2 is 1.95 bits per heavy atom. The fourth-order valence-electron chi connectivity index (χ4n) is 2.19. The summed E-state index contributed by atoms with van der Waals surface area (Å²) in [5.41, 5.74) is 1.29. The molecule has 0 aliphatic carbocycles. The van der Waals surface area contributed by atoms with Gasteiger partial charge in [-0.3, -0.25) is 9.48 Å². The first-order valence-electron chi connectivity index (χ1n) is 6.87. The van der Waals surface area contributed by atoms with E-state index >= 15 is 0 Å². The number of nitrogens with zero attached hydrogens (tertiary/aromatic N) is 2. The zero-order valence-electron chi connectivity index (χ0n) is 13.0. The zero-order chi connectivity index (χ0) is 15.1. The summed E-state index contributed by atoms with van der Waals surface area (Å²) in [6.07, 6.45) is 0. The minimum Gasteiger partial charge on any atom is -0.497 e. The molecule has 0 atom stereocenters. The summed E-state index contributed by atoms with van der Waals surface area (Å²) < 4.78 is 7.18. The maximum atomic E-state index is 12.3. The molecule has 0 N–H and O–H groups in total. The van der Waals surface area contributed by atoms with Crippen molar-refractivity contribution in [2.24, 2.45) is 5.92 Å². The SMILES string of the molecule is COc1ccc2c(C(=O)C(C)C)nn(C(C)(C)C)c2c1. The van der Waals surface area contributed by atoms with E-state index in [0.717, 1.165) is 16.7 Å². The lowest BCUT2D eigenvalue weighted by Crippen LogP contribution is -2.23. The van der Waals surface area contributed by atoms with Gasteiger partial charge in [0, 0.05) is 17.4 Å². The van der Waals surface area contributed by atoms with Crippen LogP contribution in [0, 0.1) is 5.92 Å². The van der Waals surface area contributed by atoms with Crippen LogP contribution in [0.4, 0.5) is 0 Å². The van der Waals surface area contributed by atoms with Gasteiger partial charge in [0.2, 0.25) is 0 Å². The molecule has 108 valence electrons. The molecule has 2 aromatic rings. The summed E-state index contributed by atoms with van der Waals surface area (Å²) >= 11 is 0. The summed E-state index contributed by atoms with van der Waals surface area (Å²) in [4.78, 5) is 12.3. The van der Waals surface area contributed by atoms with Crippen molar-refractivity contribution in [3.63, 3.8) is 0 Å². The highest BCUT2D eigenvalue weighted by Crippen LogP contribution is 2.29. The largest absolute Gasteiger partial charge is 0.497 e. The van der Waals surface area contributed by atoms with Crippen LogP contribution in [0.25, 0.3) is 10.9 Å². The molecule has 0 saturated heterocycles. The number of methoxy groups -OCH3 is 1. The molecular weight excluding hydrogens is 252 g/mol. The van der Waals surface area contributed by atoms with E-state index in [1.165, 1.54) is 0 Å². The molecule has 20 heavy (non-hydrogen) atoms. The van der Waals surface area contributed by atoms with E-state index in [-0.39, 0.29) is 17.2 Å². The second-order valence-corrected chi connectivity index (χ2v) is 6.33. The highest BCUT2D eigenvalue weighted by atomic mass is 16.5. The molecule has 0 saturated carbocycles. The Hall–Kier alpha value is -1.84. The minimum atomic E-state index is -0.194. The van der Waals surface area contributed by atoms with Crippen LogP contribution in [0.1, 0.15) is 45.1 Å². The molecule has 0 bridgehead atoms. The summed E-state index contributed by atoms with van der Waals surface area (Å²) in [5, 5.41) is 5.46. The Morgan fingerprint density at radius 1 is 1.30 bits per heavy atom. The molecule has 0 aliphatic rings. The second kappa shape index (κ2) is 4.93. The molecule has 2 rings (SSSR count). The van der Waals surface area contributed by atoms with Crippen molar-refractivity contribution in [2.75, 3.05) is 7.11 Å². The van der Waals surface area contributed by atoms with Crippen molar-refractivity contribution < 1.29 is 9.53 Å². The average molecular weight is 274 g/mol. The Bertz CT molecular complexity index is 648. The van der Waals surface area contributed by atoms with Crippen LogP contribution in [-0.4, -0.2) is 22.7 Å². The van der Waals surface area contributed by atoms with Crippen LogP contribution in [0.5, 0.6) is 5.75 Å². The van der Waals surface area contributed by atoms with E-state index in [1.807, 2.05) is 36.7 Å². The van der Waals surface area contributed by atoms with Gasteiger partial charge in [-0.15, -0.1) is 0 Å². The third kappa shape index (κ3) is 2.42. The average Bonchev–Trinajstić information content (AvgIpc) is 2.75. The Morgan fingerprint density at radius 3 is 2.45 bits per heavy atom. The third-order valence-corrected chi connectivity index (χ3v) is 3.28. The Balaban J connectivity index is 2.76. The van der Waals surface area contributed by atoms with Crippen LogP contribution in [0.3, 0.4) is 0 Å². The number of carbonyl (C=O) groups excluding carboxylic acids is 1. The van der Waals surface area contributed by atoms with Gasteiger partial charge < -0.3 is 4.74 Å². The first-order chi connectivity index (χ1) is 9.25. The molecule has 4 nitrogen and oxygen atoms in total. The van der Waals surface area contributed by atoms with Crippen molar-refractivity contribution in [1.29, 1.82) is 0 Å². The van der Waals surface area contributed by atoms with E-state index in [0.29, 0.717) is 5.69 Å². The Labute approximate surface area is 119 Å². The molecule has 0 spiro atoms. The van der Waals surface area contributed by atoms with Gasteiger partial charge in [-0.1, -0.05) is 13.8 Å². The van der Waals surface area contributed by atoms with E-state index in [2.05, 4.69) is 25.9 Å². The molecule has 0 amide bonds. The molecule has 0 fully saturated rings. The normalized spacial score (nSPS) is 12.2. The van der Waals surface area contributed by atoms with Crippen molar-refractivity contribution in [3.8, 4) is 5.75 Å². The number of fused-ring (bicyclic) bond motifs is 1. The standard InChI is InChI=1S/C16H22N2O2/c1-10(2)15(19)14-12-8-7-11(20-6)9-13(12)18(17-14)16(3,4)5/h7-10H,1-6H3. The predicted octanol–water partition coefficient (Wildman–Crippen LogP) is 3.64. The van der Waals surface area contributed by atoms with E-state index in [9.17, 15) is 4.79 Å². The first-order valence-corrected chi connectivity index (χ1v) is 6.87. The molecule has 0 radical (unpaired) electrons. The van der Waals surface area contributed by atoms with Gasteiger partial charge in [0.1, 0.15) is 11.4 Å². The number of aromatic nitrogens is 2. The maximum Gasteiger partial charge on any atom is 0.186 e. The fourth-order valence-corrected chi connectivity index (χ4v) is 2.19. The molecule has 0 unspecified atom stereocenters. The fraction of sp³-hybridized carbons (Fsp3) is 0.500. The lowest BCUT2D eigenvalue weighted by Gasteiger charge is -2.20. The van der Waals surface area contributed by atoms with E-state index in [1.54, 1.807) is 7.11 Å². The van der Waals surface area contributed by atoms with Crippen LogP contribution >= 0.6 is 0 Å². The molecule has 0 aliphatic heterocycles. The van der Waals surface area contributed by atoms with Gasteiger partial charge in [-0.25, -0.2) is 0 Å². The second-order valence-electron chi connectivity index (χ2n) is 6.33. The predicted molar refractivity (Wildman–Crippen MR) is 80.4 cm³/mol. The highest BCUT2D eigenvalue weighted by Gasteiger charge is 2.24. The minimum absolute atomic E-state index is 0.0661. The Kier molecular flexibility index (Phi) is 3.59. The number of carbonyl (C=O) groups is 1. The highest BCUT2D eigenvalue weighted by molar-refractivity contribution is 6.07. The quantitative estimate of drug-likeness (QED) is 0.803. The third-order valence-electron chi connectivity index (χ3n) is 3.28. The van der Waals surface area contributed by atoms with Crippen molar-refractivity contribution in [1.82, 2.24) is 9.78 Å². The maximum absolute atomic E-state index is 12.3. The lowest BCUT2D eigenvalue weighted by atomic mass is 10.0. The van der Waals surface area contributed by atoms with Crippen LogP contribution < -0.4 is 4.74 Å². The monoisotopic (exact) mass is 274 g/mol. The first kappa shape index (κ1) is 14.6. The van der Waals surface area contributed by atoms with Gasteiger partial charge in [0.15, 0.2) is 5.78 Å². The van der Waals surface area contributed by atoms with Crippen molar-refractivity contribution in [3.05, 3.63) is 23.9 Å². The van der Waals surface area contributed by atoms with Gasteiger partial charge in [0.05, 0.1) is 18.2 Å². The lowest BCUT2D eigenvalue weighted by molar-refractivity contribution is 0.0934. The topological polar surface area (TPSA) is 44.1 Å². The van der Waals surface area contributed by atoms with Gasteiger partial charge >= 0.3 is 0 Å². The molecule has 1 aromatic carbocycles. The van der Waals surface area contributed by atoms with E-state index < -0.39 is 0 Å². The van der Waals surface area contributed by atoms with Gasteiger partial charge in [0.25, 0.3) is 0 Å². The number of Topliss-reactive ketones (excluding diaryl/α,β-unsaturated/α-hetero) is 1. The van der Waals surface area contributed by atoms with Gasteiger partial charge in [-0.05, 0) is 32.9 Å². The number of hydrogen-bond donors (Lipinski definition) is 0. The van der Waals surface area contributed by atoms with Crippen molar-refractivity contribution >= 4 is 16.7 Å². The van der Waals surface area contributed by atoms with Crippen LogP contribution in [0.2, 0.25) is 0 Å². The number of benzene rings is 1. The van der Waals surface area contributed by atoms with Gasteiger partial charge in [-0.2, -0.15) is 5.10 Å². The molecule has 4 heteroatoms. The number of ketones is 1. The molecule has 1 heterocycles. The van der Waals surface area contributed by atoms with E-state index in [4.69, 9.17) is 4.74 Å². The number of ether oxygens (including phenoxy) is 1. The number of rotatable bonds is 3. The molecule has 1 aromatic heterocycles. The van der Waals surface area contributed by atoms with Crippen LogP contribution in [0.15, 0.2) is 18.2 Å². The summed E-state index contributed by atoms with van der Waals surface area (Å²) in [6, 6.07) is 5.72. The smallest absolute Gasteiger partial charge is 0.186 e. The summed E-state index contributed by atoms with van der Waals surface area (Å²) in [7, 11) is 1.64. The zero-order valence-corrected chi connectivity index (χ0v) is 13.0. The summed E-state index contributed by atoms with van der Waals surface area (Å²) in [6.45, 7) is 10.0. The number of hydrogen-bond acceptors (Lipinski definition) is 3. The van der Waals surface area contributed by atoms with Crippen LogP contribution in [-0.2, 0) is 5.54 Å².